The lowest BCUT2D eigenvalue weighted by molar-refractivity contribution is 0.0741. The summed E-state index contributed by atoms with van der Waals surface area (Å²) in [5, 5.41) is 10.8. The molecule has 4 nitrogen and oxygen atoms in total. The first kappa shape index (κ1) is 11.0. The highest BCUT2D eigenvalue weighted by Gasteiger charge is 2.18. The molecule has 1 N–H and O–H groups in total. The van der Waals surface area contributed by atoms with Gasteiger partial charge in [0.05, 0.1) is 11.4 Å². The molecule has 2 rings (SSSR count). The maximum absolute atomic E-state index is 9.87. The SMILES string of the molecule is CCc1ncnc2nc(C(C)(C)O)ccc12. The van der Waals surface area contributed by atoms with E-state index < -0.39 is 5.60 Å². The second-order valence-corrected chi connectivity index (χ2v) is 4.30. The van der Waals surface area contributed by atoms with E-state index in [9.17, 15) is 5.11 Å². The summed E-state index contributed by atoms with van der Waals surface area (Å²) in [6.45, 7) is 5.47. The molecular weight excluding hydrogens is 202 g/mol. The van der Waals surface area contributed by atoms with Crippen LogP contribution in [0.1, 0.15) is 32.2 Å². The van der Waals surface area contributed by atoms with Gasteiger partial charge in [0.1, 0.15) is 11.9 Å². The molecule has 0 radical (unpaired) electrons. The summed E-state index contributed by atoms with van der Waals surface area (Å²) < 4.78 is 0. The van der Waals surface area contributed by atoms with Crippen molar-refractivity contribution in [2.45, 2.75) is 32.8 Å². The summed E-state index contributed by atoms with van der Waals surface area (Å²) in [6, 6.07) is 3.75. The Labute approximate surface area is 94.4 Å². The van der Waals surface area contributed by atoms with Crippen LogP contribution in [0, 0.1) is 0 Å². The van der Waals surface area contributed by atoms with Gasteiger partial charge in [0.15, 0.2) is 5.65 Å². The molecule has 0 atom stereocenters. The lowest BCUT2D eigenvalue weighted by atomic mass is 10.0. The second-order valence-electron chi connectivity index (χ2n) is 4.30. The van der Waals surface area contributed by atoms with E-state index >= 15 is 0 Å². The van der Waals surface area contributed by atoms with Crippen LogP contribution in [0.5, 0.6) is 0 Å². The first-order valence-electron chi connectivity index (χ1n) is 5.36. The van der Waals surface area contributed by atoms with Gasteiger partial charge in [-0.15, -0.1) is 0 Å². The van der Waals surface area contributed by atoms with E-state index in [1.165, 1.54) is 6.33 Å². The Morgan fingerprint density at radius 3 is 2.62 bits per heavy atom. The average molecular weight is 217 g/mol. The van der Waals surface area contributed by atoms with Crippen molar-refractivity contribution in [1.29, 1.82) is 0 Å². The predicted octanol–water partition coefficient (Wildman–Crippen LogP) is 1.81. The van der Waals surface area contributed by atoms with Gasteiger partial charge in [-0.2, -0.15) is 0 Å². The third-order valence-electron chi connectivity index (χ3n) is 2.54. The van der Waals surface area contributed by atoms with Crippen LogP contribution >= 0.6 is 0 Å². The molecule has 4 heteroatoms. The van der Waals surface area contributed by atoms with E-state index in [0.29, 0.717) is 11.3 Å². The largest absolute Gasteiger partial charge is 0.384 e. The molecule has 16 heavy (non-hydrogen) atoms. The van der Waals surface area contributed by atoms with Gasteiger partial charge in [-0.3, -0.25) is 0 Å². The molecule has 0 spiro atoms. The third-order valence-corrected chi connectivity index (χ3v) is 2.54. The Morgan fingerprint density at radius 2 is 2.00 bits per heavy atom. The maximum atomic E-state index is 9.87. The summed E-state index contributed by atoms with van der Waals surface area (Å²) in [5.41, 5.74) is 1.32. The zero-order chi connectivity index (χ0) is 11.8. The van der Waals surface area contributed by atoms with Gasteiger partial charge in [-0.05, 0) is 32.4 Å². The zero-order valence-electron chi connectivity index (χ0n) is 9.73. The fraction of sp³-hybridized carbons (Fsp3) is 0.417. The van der Waals surface area contributed by atoms with Crippen molar-refractivity contribution in [3.8, 4) is 0 Å². The summed E-state index contributed by atoms with van der Waals surface area (Å²) in [7, 11) is 0. The van der Waals surface area contributed by atoms with Gasteiger partial charge in [-0.25, -0.2) is 15.0 Å². The molecule has 0 saturated heterocycles. The molecule has 0 unspecified atom stereocenters. The number of fused-ring (bicyclic) bond motifs is 1. The van der Waals surface area contributed by atoms with Crippen LogP contribution in [0.3, 0.4) is 0 Å². The number of hydrogen-bond donors (Lipinski definition) is 1. The maximum Gasteiger partial charge on any atom is 0.163 e. The lowest BCUT2D eigenvalue weighted by Gasteiger charge is -2.16. The Kier molecular flexibility index (Phi) is 2.59. The van der Waals surface area contributed by atoms with Crippen molar-refractivity contribution >= 4 is 11.0 Å². The van der Waals surface area contributed by atoms with Crippen LogP contribution in [0.15, 0.2) is 18.5 Å². The normalized spacial score (nSPS) is 12.0. The summed E-state index contributed by atoms with van der Waals surface area (Å²) >= 11 is 0. The average Bonchev–Trinajstić information content (AvgIpc) is 2.26. The molecule has 0 saturated carbocycles. The quantitative estimate of drug-likeness (QED) is 0.833. The number of aryl methyl sites for hydroxylation is 1. The Morgan fingerprint density at radius 1 is 1.25 bits per heavy atom. The molecule has 0 fully saturated rings. The third kappa shape index (κ3) is 1.88. The molecule has 0 bridgehead atoms. The molecule has 0 amide bonds. The summed E-state index contributed by atoms with van der Waals surface area (Å²) in [4.78, 5) is 12.7. The fourth-order valence-corrected chi connectivity index (χ4v) is 1.62. The monoisotopic (exact) mass is 217 g/mol. The van der Waals surface area contributed by atoms with Gasteiger partial charge in [0.2, 0.25) is 0 Å². The smallest absolute Gasteiger partial charge is 0.163 e. The summed E-state index contributed by atoms with van der Waals surface area (Å²) in [5.74, 6) is 0. The van der Waals surface area contributed by atoms with E-state index in [1.807, 2.05) is 19.1 Å². The zero-order valence-corrected chi connectivity index (χ0v) is 9.73. The van der Waals surface area contributed by atoms with Crippen molar-refractivity contribution in [1.82, 2.24) is 15.0 Å². The van der Waals surface area contributed by atoms with Crippen LogP contribution in [0.25, 0.3) is 11.0 Å². The molecule has 0 aliphatic rings. The molecule has 2 aromatic rings. The van der Waals surface area contributed by atoms with Crippen molar-refractivity contribution in [2.24, 2.45) is 0 Å². The van der Waals surface area contributed by atoms with Gasteiger partial charge >= 0.3 is 0 Å². The highest BCUT2D eigenvalue weighted by molar-refractivity contribution is 5.77. The molecule has 2 aromatic heterocycles. The lowest BCUT2D eigenvalue weighted by Crippen LogP contribution is -2.17. The van der Waals surface area contributed by atoms with Crippen LogP contribution < -0.4 is 0 Å². The van der Waals surface area contributed by atoms with E-state index in [-0.39, 0.29) is 0 Å². The van der Waals surface area contributed by atoms with Crippen LogP contribution in [-0.4, -0.2) is 20.1 Å². The molecule has 0 aromatic carbocycles. The minimum absolute atomic E-state index is 0.626. The van der Waals surface area contributed by atoms with Crippen molar-refractivity contribution in [3.05, 3.63) is 29.8 Å². The van der Waals surface area contributed by atoms with Gasteiger partial charge in [0, 0.05) is 5.39 Å². The highest BCUT2D eigenvalue weighted by Crippen LogP contribution is 2.21. The molecular formula is C12H15N3O. The minimum Gasteiger partial charge on any atom is -0.384 e. The first-order valence-corrected chi connectivity index (χ1v) is 5.36. The Balaban J connectivity index is 2.64. The van der Waals surface area contributed by atoms with E-state index in [2.05, 4.69) is 15.0 Å². The van der Waals surface area contributed by atoms with Gasteiger partial charge in [0.25, 0.3) is 0 Å². The number of aliphatic hydroxyl groups is 1. The van der Waals surface area contributed by atoms with Crippen molar-refractivity contribution < 1.29 is 5.11 Å². The summed E-state index contributed by atoms with van der Waals surface area (Å²) in [6.07, 6.45) is 2.37. The van der Waals surface area contributed by atoms with Crippen LogP contribution in [0.4, 0.5) is 0 Å². The fourth-order valence-electron chi connectivity index (χ4n) is 1.62. The predicted molar refractivity (Wildman–Crippen MR) is 62.0 cm³/mol. The second kappa shape index (κ2) is 3.79. The molecule has 2 heterocycles. The molecule has 0 aliphatic carbocycles. The van der Waals surface area contributed by atoms with Crippen LogP contribution in [0.2, 0.25) is 0 Å². The number of aromatic nitrogens is 3. The Hall–Kier alpha value is -1.55. The van der Waals surface area contributed by atoms with Gasteiger partial charge < -0.3 is 5.11 Å². The van der Waals surface area contributed by atoms with E-state index in [1.54, 1.807) is 13.8 Å². The van der Waals surface area contributed by atoms with Gasteiger partial charge in [-0.1, -0.05) is 6.92 Å². The number of pyridine rings is 1. The first-order chi connectivity index (χ1) is 7.52. The van der Waals surface area contributed by atoms with E-state index in [4.69, 9.17) is 0 Å². The minimum atomic E-state index is -0.939. The number of hydrogen-bond acceptors (Lipinski definition) is 4. The van der Waals surface area contributed by atoms with Crippen molar-refractivity contribution in [2.75, 3.05) is 0 Å². The molecule has 0 aliphatic heterocycles. The molecule has 84 valence electrons. The standard InChI is InChI=1S/C12H15N3O/c1-4-9-8-5-6-10(12(2,3)16)15-11(8)14-7-13-9/h5-7,16H,4H2,1-3H3. The Bertz CT molecular complexity index is 517. The topological polar surface area (TPSA) is 58.9 Å². The number of rotatable bonds is 2. The number of nitrogens with zero attached hydrogens (tertiary/aromatic N) is 3. The van der Waals surface area contributed by atoms with E-state index in [0.717, 1.165) is 17.5 Å². The van der Waals surface area contributed by atoms with Crippen LogP contribution in [-0.2, 0) is 12.0 Å². The van der Waals surface area contributed by atoms with Crippen molar-refractivity contribution in [3.63, 3.8) is 0 Å². The highest BCUT2D eigenvalue weighted by atomic mass is 16.3.